The fourth-order valence-corrected chi connectivity index (χ4v) is 1.53. The minimum Gasteiger partial charge on any atom is -0.253 e. The van der Waals surface area contributed by atoms with Crippen LogP contribution in [0.2, 0.25) is 0 Å². The van der Waals surface area contributed by atoms with Crippen molar-refractivity contribution in [1.29, 1.82) is 0 Å². The SMILES string of the molecule is SCCCc1cnc2ccccc2n1. The quantitative estimate of drug-likeness (QED) is 0.777. The lowest BCUT2D eigenvalue weighted by Gasteiger charge is -2.00. The van der Waals surface area contributed by atoms with E-state index in [1.165, 1.54) is 0 Å². The van der Waals surface area contributed by atoms with Gasteiger partial charge < -0.3 is 0 Å². The first-order valence-corrected chi connectivity index (χ1v) is 5.35. The van der Waals surface area contributed by atoms with E-state index in [1.807, 2.05) is 30.5 Å². The van der Waals surface area contributed by atoms with E-state index < -0.39 is 0 Å². The number of fused-ring (bicyclic) bond motifs is 1. The molecule has 1 heterocycles. The molecule has 0 aliphatic rings. The maximum atomic E-state index is 4.52. The van der Waals surface area contributed by atoms with Gasteiger partial charge in [-0.2, -0.15) is 12.6 Å². The van der Waals surface area contributed by atoms with Gasteiger partial charge in [0.2, 0.25) is 0 Å². The second kappa shape index (κ2) is 4.42. The van der Waals surface area contributed by atoms with Crippen LogP contribution in [0, 0.1) is 0 Å². The molecule has 0 N–H and O–H groups in total. The van der Waals surface area contributed by atoms with Crippen molar-refractivity contribution in [1.82, 2.24) is 9.97 Å². The molecule has 2 rings (SSSR count). The number of aryl methyl sites for hydroxylation is 1. The third-order valence-electron chi connectivity index (χ3n) is 2.09. The Bertz CT molecular complexity index is 428. The summed E-state index contributed by atoms with van der Waals surface area (Å²) in [5.74, 6) is 0.897. The largest absolute Gasteiger partial charge is 0.253 e. The van der Waals surface area contributed by atoms with Crippen molar-refractivity contribution in [2.24, 2.45) is 0 Å². The van der Waals surface area contributed by atoms with E-state index in [0.717, 1.165) is 35.3 Å². The summed E-state index contributed by atoms with van der Waals surface area (Å²) < 4.78 is 0. The standard InChI is InChI=1S/C11H12N2S/c14-7-3-4-9-8-12-10-5-1-2-6-11(10)13-9/h1-2,5-6,8,14H,3-4,7H2. The Morgan fingerprint density at radius 3 is 2.71 bits per heavy atom. The van der Waals surface area contributed by atoms with E-state index >= 15 is 0 Å². The third kappa shape index (κ3) is 2.04. The van der Waals surface area contributed by atoms with Gasteiger partial charge in [-0.05, 0) is 30.7 Å². The monoisotopic (exact) mass is 204 g/mol. The molecule has 1 aromatic heterocycles. The summed E-state index contributed by atoms with van der Waals surface area (Å²) in [6, 6.07) is 7.93. The van der Waals surface area contributed by atoms with E-state index in [-0.39, 0.29) is 0 Å². The molecule has 2 nitrogen and oxygen atoms in total. The van der Waals surface area contributed by atoms with Gasteiger partial charge in [0, 0.05) is 6.20 Å². The molecule has 72 valence electrons. The predicted octanol–water partition coefficient (Wildman–Crippen LogP) is 2.49. The first-order valence-electron chi connectivity index (χ1n) is 4.71. The first-order chi connectivity index (χ1) is 6.90. The smallest absolute Gasteiger partial charge is 0.0890 e. The number of thiol groups is 1. The van der Waals surface area contributed by atoms with Crippen molar-refractivity contribution in [3.63, 3.8) is 0 Å². The van der Waals surface area contributed by atoms with Crippen molar-refractivity contribution >= 4 is 23.7 Å². The molecular weight excluding hydrogens is 192 g/mol. The first kappa shape index (κ1) is 9.46. The highest BCUT2D eigenvalue weighted by Gasteiger charge is 1.97. The van der Waals surface area contributed by atoms with E-state index in [2.05, 4.69) is 22.6 Å². The van der Waals surface area contributed by atoms with Crippen LogP contribution in [-0.2, 0) is 6.42 Å². The lowest BCUT2D eigenvalue weighted by molar-refractivity contribution is 0.893. The Labute approximate surface area is 88.8 Å². The number of nitrogens with zero attached hydrogens (tertiary/aromatic N) is 2. The molecule has 2 aromatic rings. The van der Waals surface area contributed by atoms with Crippen LogP contribution in [-0.4, -0.2) is 15.7 Å². The summed E-state index contributed by atoms with van der Waals surface area (Å²) in [5.41, 5.74) is 2.99. The second-order valence-electron chi connectivity index (χ2n) is 3.18. The fraction of sp³-hybridized carbons (Fsp3) is 0.273. The second-order valence-corrected chi connectivity index (χ2v) is 3.62. The molecule has 0 bridgehead atoms. The van der Waals surface area contributed by atoms with Crippen molar-refractivity contribution in [2.75, 3.05) is 5.75 Å². The van der Waals surface area contributed by atoms with Crippen LogP contribution in [0.25, 0.3) is 11.0 Å². The Hall–Kier alpha value is -1.09. The van der Waals surface area contributed by atoms with Gasteiger partial charge in [0.05, 0.1) is 16.7 Å². The highest BCUT2D eigenvalue weighted by Crippen LogP contribution is 2.09. The van der Waals surface area contributed by atoms with Crippen LogP contribution in [0.5, 0.6) is 0 Å². The number of benzene rings is 1. The van der Waals surface area contributed by atoms with E-state index in [9.17, 15) is 0 Å². The van der Waals surface area contributed by atoms with Gasteiger partial charge >= 0.3 is 0 Å². The summed E-state index contributed by atoms with van der Waals surface area (Å²) in [6.07, 6.45) is 3.86. The Morgan fingerprint density at radius 2 is 1.93 bits per heavy atom. The van der Waals surface area contributed by atoms with Crippen LogP contribution >= 0.6 is 12.6 Å². The van der Waals surface area contributed by atoms with Gasteiger partial charge in [0.1, 0.15) is 0 Å². The molecular formula is C11H12N2S. The molecule has 0 amide bonds. The number of aromatic nitrogens is 2. The molecule has 1 aromatic carbocycles. The van der Waals surface area contributed by atoms with Crippen LogP contribution in [0.1, 0.15) is 12.1 Å². The summed E-state index contributed by atoms with van der Waals surface area (Å²) in [7, 11) is 0. The summed E-state index contributed by atoms with van der Waals surface area (Å²) in [5, 5.41) is 0. The maximum Gasteiger partial charge on any atom is 0.0890 e. The van der Waals surface area contributed by atoms with Crippen molar-refractivity contribution in [3.8, 4) is 0 Å². The zero-order valence-corrected chi connectivity index (χ0v) is 8.74. The van der Waals surface area contributed by atoms with Gasteiger partial charge in [-0.25, -0.2) is 4.98 Å². The minimum atomic E-state index is 0.897. The van der Waals surface area contributed by atoms with Gasteiger partial charge in [0.25, 0.3) is 0 Å². The Balaban J connectivity index is 2.32. The van der Waals surface area contributed by atoms with Crippen molar-refractivity contribution < 1.29 is 0 Å². The molecule has 0 spiro atoms. The zero-order valence-electron chi connectivity index (χ0n) is 7.85. The number of rotatable bonds is 3. The average molecular weight is 204 g/mol. The molecule has 0 aliphatic carbocycles. The fourth-order valence-electron chi connectivity index (χ4n) is 1.38. The third-order valence-corrected chi connectivity index (χ3v) is 2.41. The normalized spacial score (nSPS) is 10.6. The van der Waals surface area contributed by atoms with Gasteiger partial charge in [-0.15, -0.1) is 0 Å². The summed E-state index contributed by atoms with van der Waals surface area (Å²) >= 11 is 4.18. The van der Waals surface area contributed by atoms with Crippen LogP contribution in [0.3, 0.4) is 0 Å². The van der Waals surface area contributed by atoms with Gasteiger partial charge in [0.15, 0.2) is 0 Å². The minimum absolute atomic E-state index is 0.897. The van der Waals surface area contributed by atoms with Crippen LogP contribution in [0.4, 0.5) is 0 Å². The molecule has 0 radical (unpaired) electrons. The van der Waals surface area contributed by atoms with Crippen LogP contribution in [0.15, 0.2) is 30.5 Å². The highest BCUT2D eigenvalue weighted by atomic mass is 32.1. The number of hydrogen-bond donors (Lipinski definition) is 1. The average Bonchev–Trinajstić information content (AvgIpc) is 2.26. The van der Waals surface area contributed by atoms with Gasteiger partial charge in [-0.3, -0.25) is 4.98 Å². The van der Waals surface area contributed by atoms with E-state index in [1.54, 1.807) is 0 Å². The highest BCUT2D eigenvalue weighted by molar-refractivity contribution is 7.80. The summed E-state index contributed by atoms with van der Waals surface area (Å²) in [6.45, 7) is 0. The molecule has 14 heavy (non-hydrogen) atoms. The van der Waals surface area contributed by atoms with Crippen molar-refractivity contribution in [2.45, 2.75) is 12.8 Å². The molecule has 0 saturated carbocycles. The maximum absolute atomic E-state index is 4.52. The molecule has 0 atom stereocenters. The van der Waals surface area contributed by atoms with E-state index in [4.69, 9.17) is 0 Å². The van der Waals surface area contributed by atoms with Crippen LogP contribution < -0.4 is 0 Å². The number of para-hydroxylation sites is 2. The van der Waals surface area contributed by atoms with Crippen molar-refractivity contribution in [3.05, 3.63) is 36.2 Å². The topological polar surface area (TPSA) is 25.8 Å². The zero-order chi connectivity index (χ0) is 9.80. The van der Waals surface area contributed by atoms with E-state index in [0.29, 0.717) is 0 Å². The lowest BCUT2D eigenvalue weighted by atomic mass is 10.2. The predicted molar refractivity (Wildman–Crippen MR) is 61.7 cm³/mol. The lowest BCUT2D eigenvalue weighted by Crippen LogP contribution is -1.93. The molecule has 0 aliphatic heterocycles. The molecule has 0 saturated heterocycles. The summed E-state index contributed by atoms with van der Waals surface area (Å²) in [4.78, 5) is 8.86. The van der Waals surface area contributed by atoms with Gasteiger partial charge in [-0.1, -0.05) is 12.1 Å². The number of hydrogen-bond acceptors (Lipinski definition) is 3. The molecule has 0 unspecified atom stereocenters. The Kier molecular flexibility index (Phi) is 2.99. The Morgan fingerprint density at radius 1 is 1.14 bits per heavy atom. The molecule has 3 heteroatoms. The molecule has 0 fully saturated rings.